The zero-order chi connectivity index (χ0) is 15.2. The first kappa shape index (κ1) is 16.2. The number of rotatable bonds is 7. The maximum atomic E-state index is 12.0. The lowest BCUT2D eigenvalue weighted by molar-refractivity contribution is 0.0167. The van der Waals surface area contributed by atoms with Gasteiger partial charge in [0.05, 0.1) is 7.11 Å². The highest BCUT2D eigenvalue weighted by atomic mass is 79.9. The highest BCUT2D eigenvalue weighted by Crippen LogP contribution is 2.36. The summed E-state index contributed by atoms with van der Waals surface area (Å²) in [6, 6.07) is 11.9. The van der Waals surface area contributed by atoms with Gasteiger partial charge in [0.1, 0.15) is 12.4 Å². The molecule has 0 aliphatic carbocycles. The summed E-state index contributed by atoms with van der Waals surface area (Å²) in [5.74, 6) is 0.822. The fourth-order valence-electron chi connectivity index (χ4n) is 2.26. The molecule has 0 aliphatic rings. The van der Waals surface area contributed by atoms with E-state index >= 15 is 0 Å². The van der Waals surface area contributed by atoms with E-state index in [2.05, 4.69) is 15.9 Å². The van der Waals surface area contributed by atoms with E-state index in [1.807, 2.05) is 36.4 Å². The summed E-state index contributed by atoms with van der Waals surface area (Å²) < 4.78 is 34.3. The highest BCUT2D eigenvalue weighted by Gasteiger charge is 2.13. The SMILES string of the molecule is COc1ccc(C(Br)CCOCC(F)F)c2ccccc12. The summed E-state index contributed by atoms with van der Waals surface area (Å²) in [5.41, 5.74) is 1.10. The van der Waals surface area contributed by atoms with Crippen LogP contribution >= 0.6 is 15.9 Å². The number of methoxy groups -OCH3 is 1. The topological polar surface area (TPSA) is 18.5 Å². The minimum atomic E-state index is -2.42. The fraction of sp³-hybridized carbons (Fsp3) is 0.375. The number of halogens is 3. The molecule has 1 atom stereocenters. The maximum Gasteiger partial charge on any atom is 0.261 e. The molecule has 2 aromatic carbocycles. The van der Waals surface area contributed by atoms with Crippen LogP contribution < -0.4 is 4.74 Å². The molecule has 0 aromatic heterocycles. The van der Waals surface area contributed by atoms with Gasteiger partial charge in [-0.3, -0.25) is 0 Å². The van der Waals surface area contributed by atoms with Crippen molar-refractivity contribution in [2.45, 2.75) is 17.7 Å². The molecule has 0 saturated carbocycles. The second-order valence-electron chi connectivity index (χ2n) is 4.62. The van der Waals surface area contributed by atoms with Crippen LogP contribution in [0, 0.1) is 0 Å². The second kappa shape index (κ2) is 7.71. The molecule has 21 heavy (non-hydrogen) atoms. The van der Waals surface area contributed by atoms with Crippen LogP contribution in [0.1, 0.15) is 16.8 Å². The molecular formula is C16H17BrF2O2. The molecule has 0 fully saturated rings. The quantitative estimate of drug-likeness (QED) is 0.514. The van der Waals surface area contributed by atoms with E-state index in [1.165, 1.54) is 0 Å². The van der Waals surface area contributed by atoms with Gasteiger partial charge in [0.25, 0.3) is 6.43 Å². The first-order valence-corrected chi connectivity index (χ1v) is 7.60. The van der Waals surface area contributed by atoms with Gasteiger partial charge in [-0.05, 0) is 23.4 Å². The van der Waals surface area contributed by atoms with Crippen LogP contribution in [-0.2, 0) is 4.74 Å². The number of ether oxygens (including phenoxy) is 2. The summed E-state index contributed by atoms with van der Waals surface area (Å²) in [4.78, 5) is 0.0472. The van der Waals surface area contributed by atoms with E-state index < -0.39 is 13.0 Å². The number of hydrogen-bond acceptors (Lipinski definition) is 2. The third kappa shape index (κ3) is 4.14. The van der Waals surface area contributed by atoms with E-state index in [9.17, 15) is 8.78 Å². The summed E-state index contributed by atoms with van der Waals surface area (Å²) in [7, 11) is 1.64. The van der Waals surface area contributed by atoms with E-state index in [0.717, 1.165) is 22.1 Å². The Kier molecular flexibility index (Phi) is 5.94. The van der Waals surface area contributed by atoms with Crippen LogP contribution in [0.2, 0.25) is 0 Å². The predicted molar refractivity (Wildman–Crippen MR) is 83.6 cm³/mol. The van der Waals surface area contributed by atoms with Crippen molar-refractivity contribution in [2.75, 3.05) is 20.3 Å². The van der Waals surface area contributed by atoms with Crippen molar-refractivity contribution in [3.63, 3.8) is 0 Å². The minimum absolute atomic E-state index is 0.0472. The molecule has 0 heterocycles. The third-order valence-electron chi connectivity index (χ3n) is 3.23. The summed E-state index contributed by atoms with van der Waals surface area (Å²) in [6.45, 7) is -0.219. The van der Waals surface area contributed by atoms with Gasteiger partial charge in [0.2, 0.25) is 0 Å². The van der Waals surface area contributed by atoms with Crippen molar-refractivity contribution < 1.29 is 18.3 Å². The molecule has 0 spiro atoms. The molecule has 2 aromatic rings. The number of alkyl halides is 3. The lowest BCUT2D eigenvalue weighted by atomic mass is 10.00. The Morgan fingerprint density at radius 1 is 1.10 bits per heavy atom. The Bertz CT molecular complexity index is 589. The van der Waals surface area contributed by atoms with Gasteiger partial charge in [-0.1, -0.05) is 46.3 Å². The van der Waals surface area contributed by atoms with Gasteiger partial charge in [-0.25, -0.2) is 8.78 Å². The van der Waals surface area contributed by atoms with E-state index in [0.29, 0.717) is 13.0 Å². The van der Waals surface area contributed by atoms with Gasteiger partial charge in [0, 0.05) is 16.8 Å². The fourth-order valence-corrected chi connectivity index (χ4v) is 2.85. The average molecular weight is 359 g/mol. The molecule has 0 radical (unpaired) electrons. The standard InChI is InChI=1S/C16H17BrF2O2/c1-20-15-7-6-12(11-4-2-3-5-13(11)15)14(17)8-9-21-10-16(18)19/h2-7,14,16H,8-10H2,1H3. The molecule has 0 saturated heterocycles. The summed E-state index contributed by atoms with van der Waals surface area (Å²) in [6.07, 6.45) is -1.79. The van der Waals surface area contributed by atoms with Crippen molar-refractivity contribution in [3.05, 3.63) is 42.0 Å². The molecule has 0 amide bonds. The lowest BCUT2D eigenvalue weighted by Gasteiger charge is -2.15. The number of benzene rings is 2. The number of fused-ring (bicyclic) bond motifs is 1. The molecule has 0 N–H and O–H groups in total. The smallest absolute Gasteiger partial charge is 0.261 e. The molecule has 5 heteroatoms. The zero-order valence-corrected chi connectivity index (χ0v) is 13.3. The zero-order valence-electron chi connectivity index (χ0n) is 11.7. The van der Waals surface area contributed by atoms with Gasteiger partial charge < -0.3 is 9.47 Å². The minimum Gasteiger partial charge on any atom is -0.496 e. The van der Waals surface area contributed by atoms with E-state index in [-0.39, 0.29) is 4.83 Å². The van der Waals surface area contributed by atoms with Crippen LogP contribution in [0.15, 0.2) is 36.4 Å². The van der Waals surface area contributed by atoms with Gasteiger partial charge in [0.15, 0.2) is 0 Å². The Hall–Kier alpha value is -1.20. The van der Waals surface area contributed by atoms with E-state index in [1.54, 1.807) is 7.11 Å². The van der Waals surface area contributed by atoms with Crippen molar-refractivity contribution in [3.8, 4) is 5.75 Å². The molecule has 2 rings (SSSR count). The number of hydrogen-bond donors (Lipinski definition) is 0. The first-order chi connectivity index (χ1) is 10.1. The Labute approximate surface area is 131 Å². The van der Waals surface area contributed by atoms with Crippen molar-refractivity contribution >= 4 is 26.7 Å². The average Bonchev–Trinajstić information content (AvgIpc) is 2.50. The normalized spacial score (nSPS) is 12.8. The van der Waals surface area contributed by atoms with Crippen LogP contribution in [0.4, 0.5) is 8.78 Å². The molecule has 114 valence electrons. The predicted octanol–water partition coefficient (Wildman–Crippen LogP) is 4.96. The van der Waals surface area contributed by atoms with Gasteiger partial charge >= 0.3 is 0 Å². The third-order valence-corrected chi connectivity index (χ3v) is 4.19. The van der Waals surface area contributed by atoms with Gasteiger partial charge in [-0.15, -0.1) is 0 Å². The van der Waals surface area contributed by atoms with Crippen molar-refractivity contribution in [2.24, 2.45) is 0 Å². The van der Waals surface area contributed by atoms with Crippen LogP contribution in [0.25, 0.3) is 10.8 Å². The Morgan fingerprint density at radius 3 is 2.48 bits per heavy atom. The Morgan fingerprint density at radius 2 is 1.81 bits per heavy atom. The largest absolute Gasteiger partial charge is 0.496 e. The maximum absolute atomic E-state index is 12.0. The molecule has 1 unspecified atom stereocenters. The molecule has 2 nitrogen and oxygen atoms in total. The monoisotopic (exact) mass is 358 g/mol. The van der Waals surface area contributed by atoms with Gasteiger partial charge in [-0.2, -0.15) is 0 Å². The van der Waals surface area contributed by atoms with Crippen molar-refractivity contribution in [1.29, 1.82) is 0 Å². The second-order valence-corrected chi connectivity index (χ2v) is 5.73. The lowest BCUT2D eigenvalue weighted by Crippen LogP contribution is -2.07. The van der Waals surface area contributed by atoms with Crippen LogP contribution in [0.3, 0.4) is 0 Å². The molecule has 0 bridgehead atoms. The Balaban J connectivity index is 2.14. The summed E-state index contributed by atoms with van der Waals surface area (Å²) >= 11 is 3.61. The first-order valence-electron chi connectivity index (χ1n) is 6.69. The highest BCUT2D eigenvalue weighted by molar-refractivity contribution is 9.09. The molecular weight excluding hydrogens is 342 g/mol. The van der Waals surface area contributed by atoms with Crippen LogP contribution in [0.5, 0.6) is 5.75 Å². The van der Waals surface area contributed by atoms with Crippen molar-refractivity contribution in [1.82, 2.24) is 0 Å². The summed E-state index contributed by atoms with van der Waals surface area (Å²) in [5, 5.41) is 2.13. The molecule has 0 aliphatic heterocycles. The van der Waals surface area contributed by atoms with E-state index in [4.69, 9.17) is 9.47 Å². The van der Waals surface area contributed by atoms with Crippen LogP contribution in [-0.4, -0.2) is 26.7 Å².